The Morgan fingerprint density at radius 1 is 1.44 bits per heavy atom. The second-order valence-corrected chi connectivity index (χ2v) is 8.86. The van der Waals surface area contributed by atoms with E-state index in [1.807, 2.05) is 0 Å². The lowest BCUT2D eigenvalue weighted by Crippen LogP contribution is -2.42. The fourth-order valence-electron chi connectivity index (χ4n) is 3.97. The highest BCUT2D eigenvalue weighted by atomic mass is 32.1. The minimum absolute atomic E-state index is 0.0885. The van der Waals surface area contributed by atoms with E-state index in [0.29, 0.717) is 11.6 Å². The van der Waals surface area contributed by atoms with Crippen molar-refractivity contribution in [3.8, 4) is 0 Å². The lowest BCUT2D eigenvalue weighted by molar-refractivity contribution is 0.0703. The van der Waals surface area contributed by atoms with E-state index in [4.69, 9.17) is 16.5 Å². The molecule has 0 aromatic carbocycles. The largest absolute Gasteiger partial charge is 0.477 e. The third-order valence-electron chi connectivity index (χ3n) is 5.53. The maximum Gasteiger partial charge on any atom is 0.348 e. The average molecular weight is 362 g/mol. The van der Waals surface area contributed by atoms with Gasteiger partial charge in [-0.1, -0.05) is 27.2 Å². The van der Waals surface area contributed by atoms with Gasteiger partial charge in [0.05, 0.1) is 5.69 Å². The number of aromatic nitrogens is 1. The van der Waals surface area contributed by atoms with E-state index in [1.54, 1.807) is 0 Å². The van der Waals surface area contributed by atoms with Gasteiger partial charge < -0.3 is 16.6 Å². The number of nitrogens with two attached hydrogens (primary N) is 2. The number of pyridine rings is 1. The molecular weight excluding hydrogens is 334 g/mol. The van der Waals surface area contributed by atoms with Gasteiger partial charge in [0.2, 0.25) is 0 Å². The highest BCUT2D eigenvalue weighted by Crippen LogP contribution is 2.44. The predicted octanol–water partition coefficient (Wildman–Crippen LogP) is 4.15. The molecule has 3 rings (SSSR count). The number of aryl methyl sites for hydroxylation is 1. The summed E-state index contributed by atoms with van der Waals surface area (Å²) in [5, 5.41) is 10.2. The maximum absolute atomic E-state index is 11.5. The van der Waals surface area contributed by atoms with Crippen LogP contribution >= 0.6 is 11.3 Å². The molecule has 136 valence electrons. The highest BCUT2D eigenvalue weighted by molar-refractivity contribution is 7.21. The summed E-state index contributed by atoms with van der Waals surface area (Å²) in [7, 11) is 0. The molecule has 5 N–H and O–H groups in total. The average Bonchev–Trinajstić information content (AvgIpc) is 2.87. The van der Waals surface area contributed by atoms with Gasteiger partial charge in [0.1, 0.15) is 9.71 Å². The van der Waals surface area contributed by atoms with Gasteiger partial charge in [0, 0.05) is 23.0 Å². The van der Waals surface area contributed by atoms with Gasteiger partial charge in [-0.15, -0.1) is 11.3 Å². The Bertz CT molecular complexity index is 813. The van der Waals surface area contributed by atoms with Gasteiger partial charge in [-0.2, -0.15) is 0 Å². The molecule has 5 nitrogen and oxygen atoms in total. The number of hydrogen-bond acceptors (Lipinski definition) is 5. The van der Waals surface area contributed by atoms with Crippen LogP contribution in [0.4, 0.5) is 5.69 Å². The molecule has 0 amide bonds. The van der Waals surface area contributed by atoms with Crippen LogP contribution < -0.4 is 11.5 Å². The van der Waals surface area contributed by atoms with Gasteiger partial charge in [0.15, 0.2) is 0 Å². The zero-order valence-corrected chi connectivity index (χ0v) is 15.9. The summed E-state index contributed by atoms with van der Waals surface area (Å²) >= 11 is 1.19. The number of carboxylic acids is 1. The van der Waals surface area contributed by atoms with Crippen molar-refractivity contribution in [1.82, 2.24) is 4.98 Å². The Morgan fingerprint density at radius 3 is 2.76 bits per heavy atom. The number of carbonyl (C=O) groups is 1. The number of fused-ring (bicyclic) bond motifs is 1. The van der Waals surface area contributed by atoms with Crippen LogP contribution in [0.1, 0.15) is 73.3 Å². The Hall–Kier alpha value is -1.66. The number of aromatic carboxylic acids is 1. The second-order valence-electron chi connectivity index (χ2n) is 7.86. The topological polar surface area (TPSA) is 102 Å². The third-order valence-corrected chi connectivity index (χ3v) is 6.62. The normalized spacial score (nSPS) is 23.0. The van der Waals surface area contributed by atoms with Gasteiger partial charge in [-0.25, -0.2) is 9.78 Å². The molecule has 1 aliphatic carbocycles. The van der Waals surface area contributed by atoms with Crippen molar-refractivity contribution >= 4 is 33.2 Å². The van der Waals surface area contributed by atoms with Crippen LogP contribution in [0.2, 0.25) is 0 Å². The van der Waals surface area contributed by atoms with Crippen LogP contribution in [0.3, 0.4) is 0 Å². The van der Waals surface area contributed by atoms with Crippen molar-refractivity contribution in [2.75, 3.05) is 5.73 Å². The molecule has 0 radical (unpaired) electrons. The number of nitrogens with zero attached hydrogens (tertiary/aromatic N) is 1. The molecule has 2 unspecified atom stereocenters. The van der Waals surface area contributed by atoms with Crippen LogP contribution in [0, 0.1) is 5.41 Å². The van der Waals surface area contributed by atoms with Crippen LogP contribution in [0.5, 0.6) is 0 Å². The minimum atomic E-state index is -0.978. The monoisotopic (exact) mass is 361 g/mol. The van der Waals surface area contributed by atoms with E-state index in [0.717, 1.165) is 53.6 Å². The fourth-order valence-corrected chi connectivity index (χ4v) is 4.95. The SMILES string of the molecule is CCCc1cc(C2CCC(N)C(C)(C)C2)nc2sc(C(=O)O)c(N)c12. The molecular formula is C19H27N3O2S. The lowest BCUT2D eigenvalue weighted by atomic mass is 9.68. The summed E-state index contributed by atoms with van der Waals surface area (Å²) in [6, 6.07) is 2.37. The van der Waals surface area contributed by atoms with Crippen LogP contribution in [-0.2, 0) is 6.42 Å². The molecule has 1 fully saturated rings. The first kappa shape index (κ1) is 18.1. The summed E-state index contributed by atoms with van der Waals surface area (Å²) in [6.45, 7) is 6.57. The maximum atomic E-state index is 11.5. The predicted molar refractivity (Wildman–Crippen MR) is 103 cm³/mol. The molecule has 2 aromatic heterocycles. The van der Waals surface area contributed by atoms with Crippen molar-refractivity contribution in [3.63, 3.8) is 0 Å². The zero-order chi connectivity index (χ0) is 18.4. The molecule has 2 heterocycles. The number of thiophene rings is 1. The van der Waals surface area contributed by atoms with Crippen molar-refractivity contribution < 1.29 is 9.90 Å². The summed E-state index contributed by atoms with van der Waals surface area (Å²) in [5.74, 6) is -0.610. The van der Waals surface area contributed by atoms with E-state index in [1.165, 1.54) is 11.3 Å². The first-order chi connectivity index (χ1) is 11.7. The van der Waals surface area contributed by atoms with E-state index in [-0.39, 0.29) is 16.3 Å². The number of nitrogen functional groups attached to an aromatic ring is 1. The van der Waals surface area contributed by atoms with Crippen molar-refractivity contribution in [1.29, 1.82) is 0 Å². The number of carboxylic acid groups (broad SMARTS) is 1. The Kier molecular flexibility index (Phi) is 4.77. The molecule has 6 heteroatoms. The summed E-state index contributed by atoms with van der Waals surface area (Å²) in [6.07, 6.45) is 4.89. The Balaban J connectivity index is 2.09. The molecule has 1 saturated carbocycles. The Morgan fingerprint density at radius 2 is 2.16 bits per heavy atom. The van der Waals surface area contributed by atoms with E-state index >= 15 is 0 Å². The van der Waals surface area contributed by atoms with Crippen LogP contribution in [-0.4, -0.2) is 22.1 Å². The van der Waals surface area contributed by atoms with Gasteiger partial charge >= 0.3 is 5.97 Å². The number of hydrogen-bond donors (Lipinski definition) is 3. The quantitative estimate of drug-likeness (QED) is 0.759. The van der Waals surface area contributed by atoms with Crippen LogP contribution in [0.25, 0.3) is 10.2 Å². The van der Waals surface area contributed by atoms with Crippen molar-refractivity contribution in [3.05, 3.63) is 22.2 Å². The molecule has 1 aliphatic rings. The third kappa shape index (κ3) is 3.25. The molecule has 2 atom stereocenters. The van der Waals surface area contributed by atoms with Crippen molar-refractivity contribution in [2.45, 2.75) is 64.8 Å². The zero-order valence-electron chi connectivity index (χ0n) is 15.1. The summed E-state index contributed by atoms with van der Waals surface area (Å²) in [4.78, 5) is 17.2. The summed E-state index contributed by atoms with van der Waals surface area (Å²) in [5.41, 5.74) is 15.0. The van der Waals surface area contributed by atoms with Gasteiger partial charge in [-0.05, 0) is 42.7 Å². The lowest BCUT2D eigenvalue weighted by Gasteiger charge is -2.40. The van der Waals surface area contributed by atoms with Gasteiger partial charge in [-0.3, -0.25) is 0 Å². The van der Waals surface area contributed by atoms with Crippen molar-refractivity contribution in [2.24, 2.45) is 11.1 Å². The molecule has 0 saturated heterocycles. The molecule has 0 bridgehead atoms. The first-order valence-corrected chi connectivity index (χ1v) is 9.77. The smallest absolute Gasteiger partial charge is 0.348 e. The molecule has 0 spiro atoms. The minimum Gasteiger partial charge on any atom is -0.477 e. The van der Waals surface area contributed by atoms with Gasteiger partial charge in [0.25, 0.3) is 0 Å². The molecule has 25 heavy (non-hydrogen) atoms. The van der Waals surface area contributed by atoms with E-state index < -0.39 is 5.97 Å². The van der Waals surface area contributed by atoms with E-state index in [9.17, 15) is 9.90 Å². The summed E-state index contributed by atoms with van der Waals surface area (Å²) < 4.78 is 0. The fraction of sp³-hybridized carbons (Fsp3) is 0.579. The van der Waals surface area contributed by atoms with Crippen LogP contribution in [0.15, 0.2) is 6.07 Å². The first-order valence-electron chi connectivity index (χ1n) is 8.95. The standard InChI is InChI=1S/C19H27N3O2S/c1-4-5-10-8-12(11-6-7-13(20)19(2,3)9-11)22-17-14(10)15(21)16(25-17)18(23)24/h8,11,13H,4-7,9,20-21H2,1-3H3,(H,23,24). The highest BCUT2D eigenvalue weighted by Gasteiger charge is 2.36. The second kappa shape index (κ2) is 6.57. The Labute approximate surface area is 152 Å². The number of rotatable bonds is 4. The molecule has 2 aromatic rings. The number of anilines is 1. The molecule has 0 aliphatic heterocycles. The van der Waals surface area contributed by atoms with E-state index in [2.05, 4.69) is 26.8 Å².